The van der Waals surface area contributed by atoms with Gasteiger partial charge in [0, 0.05) is 23.8 Å². The largest absolute Gasteiger partial charge is 0.512 e. The van der Waals surface area contributed by atoms with Crippen LogP contribution in [-0.2, 0) is 21.4 Å². The highest BCUT2D eigenvalue weighted by Crippen LogP contribution is 2.44. The van der Waals surface area contributed by atoms with Crippen LogP contribution in [0.5, 0.6) is 0 Å². The van der Waals surface area contributed by atoms with Gasteiger partial charge >= 0.3 is 0 Å². The van der Waals surface area contributed by atoms with Crippen molar-refractivity contribution in [1.82, 2.24) is 0 Å². The van der Waals surface area contributed by atoms with Crippen LogP contribution in [0.2, 0.25) is 0 Å². The molecule has 1 atom stereocenters. The molecule has 27 heavy (non-hydrogen) atoms. The van der Waals surface area contributed by atoms with Gasteiger partial charge < -0.3 is 5.11 Å². The normalized spacial score (nSPS) is 19.4. The van der Waals surface area contributed by atoms with Crippen molar-refractivity contribution in [2.45, 2.75) is 65.7 Å². The van der Waals surface area contributed by atoms with Crippen LogP contribution >= 0.6 is 0 Å². The number of carbonyl (C=O) groups excluding carboxylic acids is 3. The second-order valence-electron chi connectivity index (χ2n) is 7.56. The van der Waals surface area contributed by atoms with Gasteiger partial charge in [-0.3, -0.25) is 14.4 Å². The highest BCUT2D eigenvalue weighted by Gasteiger charge is 2.41. The van der Waals surface area contributed by atoms with Gasteiger partial charge in [-0.2, -0.15) is 5.26 Å². The number of aliphatic hydroxyl groups excluding tert-OH is 1. The van der Waals surface area contributed by atoms with Crippen LogP contribution in [0.25, 0.3) is 0 Å². The van der Waals surface area contributed by atoms with Gasteiger partial charge in [-0.1, -0.05) is 0 Å². The van der Waals surface area contributed by atoms with E-state index in [-0.39, 0.29) is 48.8 Å². The van der Waals surface area contributed by atoms with Crippen molar-refractivity contribution in [2.75, 3.05) is 0 Å². The summed E-state index contributed by atoms with van der Waals surface area (Å²) in [6, 6.07) is 2.14. The number of hydrogen-bond acceptors (Lipinski definition) is 5. The maximum atomic E-state index is 12.4. The number of aliphatic hydroxyl groups is 1. The number of benzene rings is 1. The van der Waals surface area contributed by atoms with Crippen molar-refractivity contribution in [3.05, 3.63) is 45.2 Å². The maximum absolute atomic E-state index is 12.4. The first-order chi connectivity index (χ1) is 12.5. The molecule has 0 aliphatic heterocycles. The predicted molar refractivity (Wildman–Crippen MR) is 102 cm³/mol. The second kappa shape index (κ2) is 7.48. The average molecular weight is 367 g/mol. The van der Waals surface area contributed by atoms with Crippen LogP contribution in [0.15, 0.2) is 11.8 Å². The summed E-state index contributed by atoms with van der Waals surface area (Å²) in [6.45, 7) is 8.42. The molecule has 1 aromatic rings. The van der Waals surface area contributed by atoms with E-state index >= 15 is 0 Å². The summed E-state index contributed by atoms with van der Waals surface area (Å²) in [5.74, 6) is -0.446. The molecule has 1 unspecified atom stereocenters. The number of nitriles is 1. The third-order valence-corrected chi connectivity index (χ3v) is 5.41. The number of rotatable bonds is 5. The van der Waals surface area contributed by atoms with E-state index in [0.717, 1.165) is 16.7 Å². The Morgan fingerprint density at radius 2 is 1.81 bits per heavy atom. The lowest BCUT2D eigenvalue weighted by molar-refractivity contribution is -0.121. The van der Waals surface area contributed by atoms with Gasteiger partial charge in [0.2, 0.25) is 0 Å². The fraction of sp³-hybridized carbons (Fsp3) is 0.455. The zero-order chi connectivity index (χ0) is 20.5. The third-order valence-electron chi connectivity index (χ3n) is 5.41. The summed E-state index contributed by atoms with van der Waals surface area (Å²) in [6.07, 6.45) is 1.82. The first kappa shape index (κ1) is 20.6. The molecular weight excluding hydrogens is 342 g/mol. The Kier molecular flexibility index (Phi) is 5.70. The lowest BCUT2D eigenvalue weighted by Crippen LogP contribution is -2.36. The number of allylic oxidation sites excluding steroid dienone is 2. The molecular formula is C22H25NO4. The van der Waals surface area contributed by atoms with Crippen molar-refractivity contribution in [3.63, 3.8) is 0 Å². The topological polar surface area (TPSA) is 95.2 Å². The minimum absolute atomic E-state index is 0.0474. The Bertz CT molecular complexity index is 917. The zero-order valence-electron chi connectivity index (χ0n) is 16.5. The van der Waals surface area contributed by atoms with Gasteiger partial charge in [0.1, 0.15) is 11.6 Å². The quantitative estimate of drug-likeness (QED) is 0.796. The fourth-order valence-corrected chi connectivity index (χ4v) is 4.73. The smallest absolute Gasteiger partial charge is 0.160 e. The van der Waals surface area contributed by atoms with Gasteiger partial charge in [-0.15, -0.1) is 0 Å². The van der Waals surface area contributed by atoms with Crippen LogP contribution in [0, 0.1) is 32.1 Å². The van der Waals surface area contributed by atoms with Crippen LogP contribution in [0.1, 0.15) is 71.3 Å². The molecule has 0 fully saturated rings. The summed E-state index contributed by atoms with van der Waals surface area (Å²) < 4.78 is 0. The van der Waals surface area contributed by atoms with Crippen molar-refractivity contribution in [2.24, 2.45) is 0 Å². The molecule has 0 spiro atoms. The molecule has 0 bridgehead atoms. The minimum Gasteiger partial charge on any atom is -0.512 e. The Labute approximate surface area is 159 Å². The number of ketones is 3. The molecule has 5 nitrogen and oxygen atoms in total. The van der Waals surface area contributed by atoms with Gasteiger partial charge in [0.25, 0.3) is 0 Å². The highest BCUT2D eigenvalue weighted by molar-refractivity contribution is 5.98. The molecule has 2 rings (SSSR count). The van der Waals surface area contributed by atoms with E-state index in [9.17, 15) is 24.8 Å². The van der Waals surface area contributed by atoms with E-state index in [1.807, 2.05) is 20.8 Å². The van der Waals surface area contributed by atoms with Crippen molar-refractivity contribution < 1.29 is 19.5 Å². The van der Waals surface area contributed by atoms with Gasteiger partial charge in [0.15, 0.2) is 5.78 Å². The molecule has 0 saturated carbocycles. The summed E-state index contributed by atoms with van der Waals surface area (Å²) in [4.78, 5) is 36.8. The fourth-order valence-electron chi connectivity index (χ4n) is 4.73. The van der Waals surface area contributed by atoms with Crippen molar-refractivity contribution in [1.29, 1.82) is 5.26 Å². The first-order valence-corrected chi connectivity index (χ1v) is 8.97. The van der Waals surface area contributed by atoms with Crippen LogP contribution in [0.4, 0.5) is 0 Å². The van der Waals surface area contributed by atoms with E-state index in [0.29, 0.717) is 16.7 Å². The molecule has 1 N–H and O–H groups in total. The van der Waals surface area contributed by atoms with E-state index < -0.39 is 5.41 Å². The predicted octanol–water partition coefficient (Wildman–Crippen LogP) is 3.90. The van der Waals surface area contributed by atoms with Gasteiger partial charge in [0.05, 0.1) is 24.7 Å². The molecule has 1 aliphatic carbocycles. The minimum atomic E-state index is -0.998. The molecule has 0 saturated heterocycles. The van der Waals surface area contributed by atoms with Crippen LogP contribution in [0.3, 0.4) is 0 Å². The summed E-state index contributed by atoms with van der Waals surface area (Å²) in [5.41, 5.74) is 3.25. The Morgan fingerprint density at radius 3 is 2.30 bits per heavy atom. The van der Waals surface area contributed by atoms with Gasteiger partial charge in [-0.25, -0.2) is 0 Å². The average Bonchev–Trinajstić information content (AvgIpc) is 2.48. The monoisotopic (exact) mass is 367 g/mol. The van der Waals surface area contributed by atoms with Gasteiger partial charge in [-0.05, 0) is 68.5 Å². The summed E-state index contributed by atoms with van der Waals surface area (Å²) >= 11 is 0. The molecule has 0 heterocycles. The van der Waals surface area contributed by atoms with E-state index in [1.165, 1.54) is 13.8 Å². The molecule has 5 heteroatoms. The summed E-state index contributed by atoms with van der Waals surface area (Å²) in [7, 11) is 0. The van der Waals surface area contributed by atoms with Crippen LogP contribution < -0.4 is 0 Å². The number of carbonyl (C=O) groups is 3. The Morgan fingerprint density at radius 1 is 1.19 bits per heavy atom. The lowest BCUT2D eigenvalue weighted by Gasteiger charge is -2.37. The molecule has 1 aliphatic rings. The molecule has 0 aromatic heterocycles. The SMILES string of the molecule is CC(=O)CC1(c2c(C)c(CC#N)c(C)c(C(C)=O)c2C)C=C(O)CC(=O)C1. The van der Waals surface area contributed by atoms with Crippen molar-refractivity contribution >= 4 is 17.3 Å². The molecule has 142 valence electrons. The zero-order valence-corrected chi connectivity index (χ0v) is 16.5. The molecule has 0 amide bonds. The number of nitrogens with zero attached hydrogens (tertiary/aromatic N) is 1. The first-order valence-electron chi connectivity index (χ1n) is 8.97. The maximum Gasteiger partial charge on any atom is 0.160 e. The van der Waals surface area contributed by atoms with E-state index in [4.69, 9.17) is 0 Å². The second-order valence-corrected chi connectivity index (χ2v) is 7.56. The van der Waals surface area contributed by atoms with Crippen LogP contribution in [-0.4, -0.2) is 22.5 Å². The molecule has 1 aromatic carbocycles. The van der Waals surface area contributed by atoms with E-state index in [2.05, 4.69) is 6.07 Å². The summed E-state index contributed by atoms with van der Waals surface area (Å²) in [5, 5.41) is 19.5. The molecule has 0 radical (unpaired) electrons. The standard InChI is InChI=1S/C22H25NO4/c1-12(24)9-22(10-17(26)8-18(27)11-22)21-14(3)19(6-7-23)13(2)20(15(21)4)16(5)25/h10,26H,6,8-9,11H2,1-5H3. The Balaban J connectivity index is 2.98. The number of hydrogen-bond donors (Lipinski definition) is 1. The highest BCUT2D eigenvalue weighted by atomic mass is 16.3. The third kappa shape index (κ3) is 3.71. The lowest BCUT2D eigenvalue weighted by atomic mass is 9.65. The van der Waals surface area contributed by atoms with E-state index in [1.54, 1.807) is 6.08 Å². The van der Waals surface area contributed by atoms with Crippen molar-refractivity contribution in [3.8, 4) is 6.07 Å². The Hall–Kier alpha value is -2.74. The number of Topliss-reactive ketones (excluding diaryl/α,β-unsaturated/α-hetero) is 3.